The average Bonchev–Trinajstić information content (AvgIpc) is 3.22. The fourth-order valence-electron chi connectivity index (χ4n) is 1.99. The number of rotatable bonds is 6. The third kappa shape index (κ3) is 4.18. The summed E-state index contributed by atoms with van der Waals surface area (Å²) in [5.41, 5.74) is 0.439. The number of hydrogen-bond acceptors (Lipinski definition) is 3. The number of hydrogen-bond donors (Lipinski definition) is 1. The van der Waals surface area contributed by atoms with Gasteiger partial charge in [-0.1, -0.05) is 11.8 Å². The smallest absolute Gasteiger partial charge is 0.288 e. The van der Waals surface area contributed by atoms with E-state index in [0.717, 1.165) is 12.8 Å². The molecule has 0 heterocycles. The van der Waals surface area contributed by atoms with Crippen molar-refractivity contribution in [3.05, 3.63) is 29.8 Å². The van der Waals surface area contributed by atoms with Crippen LogP contribution in [-0.4, -0.2) is 41.4 Å². The van der Waals surface area contributed by atoms with E-state index in [1.807, 2.05) is 0 Å². The number of amides is 1. The van der Waals surface area contributed by atoms with Gasteiger partial charge in [-0.2, -0.15) is 8.78 Å². The molecule has 0 aliphatic heterocycles. The second-order valence-corrected chi connectivity index (χ2v) is 6.06. The van der Waals surface area contributed by atoms with Gasteiger partial charge < -0.3 is 10.0 Å². The molecule has 0 bridgehead atoms. The van der Waals surface area contributed by atoms with Gasteiger partial charge in [-0.3, -0.25) is 4.79 Å². The van der Waals surface area contributed by atoms with Gasteiger partial charge in [-0.15, -0.1) is 0 Å². The number of aliphatic hydroxyl groups is 1. The molecule has 1 aromatic rings. The second-order valence-electron chi connectivity index (χ2n) is 4.99. The number of nitrogens with zero attached hydrogens (tertiary/aromatic N) is 1. The minimum Gasteiger partial charge on any atom is -0.391 e. The highest BCUT2D eigenvalue weighted by Gasteiger charge is 2.31. The predicted octanol–water partition coefficient (Wildman–Crippen LogP) is 2.84. The van der Waals surface area contributed by atoms with Gasteiger partial charge in [0.1, 0.15) is 0 Å². The van der Waals surface area contributed by atoms with E-state index >= 15 is 0 Å². The highest BCUT2D eigenvalue weighted by Crippen LogP contribution is 2.32. The Morgan fingerprint density at radius 2 is 2.00 bits per heavy atom. The molecular weight excluding hydrogens is 284 g/mol. The fraction of sp³-hybridized carbons (Fsp3) is 0.500. The molecular formula is C14H17F2NO2S. The van der Waals surface area contributed by atoms with E-state index in [4.69, 9.17) is 0 Å². The summed E-state index contributed by atoms with van der Waals surface area (Å²) in [5, 5.41) is 9.82. The lowest BCUT2D eigenvalue weighted by Gasteiger charge is -2.20. The summed E-state index contributed by atoms with van der Waals surface area (Å²) in [6.45, 7) is 0.303. The number of alkyl halides is 2. The molecule has 110 valence electrons. The van der Waals surface area contributed by atoms with Gasteiger partial charge in [0.15, 0.2) is 0 Å². The fourth-order valence-corrected chi connectivity index (χ4v) is 2.49. The van der Waals surface area contributed by atoms with Crippen molar-refractivity contribution in [1.29, 1.82) is 0 Å². The number of likely N-dealkylation sites (N-methyl/N-ethyl adjacent to an activating group) is 1. The van der Waals surface area contributed by atoms with Gasteiger partial charge >= 0.3 is 0 Å². The Labute approximate surface area is 121 Å². The maximum atomic E-state index is 12.2. The van der Waals surface area contributed by atoms with Crippen LogP contribution in [0.5, 0.6) is 0 Å². The van der Waals surface area contributed by atoms with Gasteiger partial charge in [0.2, 0.25) is 0 Å². The topological polar surface area (TPSA) is 40.5 Å². The SMILES string of the molecule is CN(CC(O)C1CC1)C(=O)c1ccc(SC(F)F)cc1. The third-order valence-corrected chi connectivity index (χ3v) is 4.02. The first-order valence-corrected chi connectivity index (χ1v) is 7.33. The van der Waals surface area contributed by atoms with Crippen LogP contribution in [0.1, 0.15) is 23.2 Å². The van der Waals surface area contributed by atoms with Crippen molar-refractivity contribution in [3.63, 3.8) is 0 Å². The molecule has 3 nitrogen and oxygen atoms in total. The Balaban J connectivity index is 1.93. The van der Waals surface area contributed by atoms with E-state index in [1.165, 1.54) is 29.2 Å². The van der Waals surface area contributed by atoms with Crippen LogP contribution in [0.15, 0.2) is 29.2 Å². The highest BCUT2D eigenvalue weighted by molar-refractivity contribution is 7.99. The molecule has 1 fully saturated rings. The Morgan fingerprint density at radius 3 is 2.50 bits per heavy atom. The van der Waals surface area contributed by atoms with Crippen molar-refractivity contribution in [2.24, 2.45) is 5.92 Å². The lowest BCUT2D eigenvalue weighted by molar-refractivity contribution is 0.0645. The monoisotopic (exact) mass is 301 g/mol. The molecule has 1 atom stereocenters. The van der Waals surface area contributed by atoms with Gasteiger partial charge in [0.05, 0.1) is 6.10 Å². The second kappa shape index (κ2) is 6.54. The first-order valence-electron chi connectivity index (χ1n) is 6.46. The van der Waals surface area contributed by atoms with Crippen molar-refractivity contribution < 1.29 is 18.7 Å². The Morgan fingerprint density at radius 1 is 1.40 bits per heavy atom. The summed E-state index contributed by atoms with van der Waals surface area (Å²) in [6, 6.07) is 6.09. The number of halogens is 2. The molecule has 6 heteroatoms. The van der Waals surface area contributed by atoms with Crippen LogP contribution in [0.4, 0.5) is 8.78 Å². The Kier molecular flexibility index (Phi) is 4.99. The molecule has 1 N–H and O–H groups in total. The van der Waals surface area contributed by atoms with Crippen LogP contribution in [0.25, 0.3) is 0 Å². The summed E-state index contributed by atoms with van der Waals surface area (Å²) in [6.07, 6.45) is 1.56. The molecule has 0 radical (unpaired) electrons. The maximum Gasteiger partial charge on any atom is 0.288 e. The summed E-state index contributed by atoms with van der Waals surface area (Å²) in [5.74, 6) is -2.36. The average molecular weight is 301 g/mol. The summed E-state index contributed by atoms with van der Waals surface area (Å²) >= 11 is 0.452. The van der Waals surface area contributed by atoms with E-state index in [9.17, 15) is 18.7 Å². The number of carbonyl (C=O) groups excluding carboxylic acids is 1. The van der Waals surface area contributed by atoms with Gasteiger partial charge in [0, 0.05) is 24.1 Å². The maximum absolute atomic E-state index is 12.2. The van der Waals surface area contributed by atoms with E-state index < -0.39 is 11.9 Å². The molecule has 1 aliphatic carbocycles. The van der Waals surface area contributed by atoms with Crippen LogP contribution in [0, 0.1) is 5.92 Å². The molecule has 1 aromatic carbocycles. The first kappa shape index (κ1) is 15.3. The van der Waals surface area contributed by atoms with E-state index in [0.29, 0.717) is 34.7 Å². The normalized spacial score (nSPS) is 16.2. The molecule has 1 saturated carbocycles. The van der Waals surface area contributed by atoms with Gasteiger partial charge in [-0.05, 0) is 43.0 Å². The zero-order chi connectivity index (χ0) is 14.7. The Bertz CT molecular complexity index is 463. The van der Waals surface area contributed by atoms with Crippen LogP contribution in [0.3, 0.4) is 0 Å². The van der Waals surface area contributed by atoms with Crippen LogP contribution >= 0.6 is 11.8 Å². The molecule has 0 aromatic heterocycles. The third-order valence-electron chi connectivity index (χ3n) is 3.30. The lowest BCUT2D eigenvalue weighted by Crippen LogP contribution is -2.35. The van der Waals surface area contributed by atoms with Crippen molar-refractivity contribution in [1.82, 2.24) is 4.90 Å². The van der Waals surface area contributed by atoms with Gasteiger partial charge in [0.25, 0.3) is 11.7 Å². The highest BCUT2D eigenvalue weighted by atomic mass is 32.2. The number of benzene rings is 1. The van der Waals surface area contributed by atoms with E-state index in [2.05, 4.69) is 0 Å². The van der Waals surface area contributed by atoms with E-state index in [-0.39, 0.29) is 5.91 Å². The number of thioether (sulfide) groups is 1. The first-order chi connectivity index (χ1) is 9.47. The van der Waals surface area contributed by atoms with Crippen LogP contribution in [0.2, 0.25) is 0 Å². The van der Waals surface area contributed by atoms with Crippen molar-refractivity contribution in [2.75, 3.05) is 13.6 Å². The van der Waals surface area contributed by atoms with Crippen molar-refractivity contribution in [2.45, 2.75) is 29.6 Å². The molecule has 1 amide bonds. The summed E-state index contributed by atoms with van der Waals surface area (Å²) in [7, 11) is 1.63. The quantitative estimate of drug-likeness (QED) is 0.821. The Hall–Kier alpha value is -1.14. The number of carbonyl (C=O) groups is 1. The molecule has 0 spiro atoms. The number of aliphatic hydroxyl groups excluding tert-OH is 1. The molecule has 0 saturated heterocycles. The van der Waals surface area contributed by atoms with Gasteiger partial charge in [-0.25, -0.2) is 0 Å². The largest absolute Gasteiger partial charge is 0.391 e. The zero-order valence-corrected chi connectivity index (χ0v) is 11.9. The minimum atomic E-state index is -2.46. The summed E-state index contributed by atoms with van der Waals surface area (Å²) < 4.78 is 24.4. The minimum absolute atomic E-state index is 0.210. The predicted molar refractivity (Wildman–Crippen MR) is 74.0 cm³/mol. The van der Waals surface area contributed by atoms with Crippen molar-refractivity contribution in [3.8, 4) is 0 Å². The van der Waals surface area contributed by atoms with Crippen LogP contribution in [-0.2, 0) is 0 Å². The van der Waals surface area contributed by atoms with Crippen LogP contribution < -0.4 is 0 Å². The molecule has 20 heavy (non-hydrogen) atoms. The van der Waals surface area contributed by atoms with Crippen molar-refractivity contribution >= 4 is 17.7 Å². The zero-order valence-electron chi connectivity index (χ0n) is 11.1. The standard InChI is InChI=1S/C14H17F2NO2S/c1-17(8-12(18)9-2-3-9)13(19)10-4-6-11(7-5-10)20-14(15)16/h4-7,9,12,14,18H,2-3,8H2,1H3. The lowest BCUT2D eigenvalue weighted by atomic mass is 10.1. The molecule has 1 aliphatic rings. The molecule has 2 rings (SSSR count). The van der Waals surface area contributed by atoms with E-state index in [1.54, 1.807) is 7.05 Å². The summed E-state index contributed by atoms with van der Waals surface area (Å²) in [4.78, 5) is 14.0. The molecule has 1 unspecified atom stereocenters.